The van der Waals surface area contributed by atoms with Gasteiger partial charge in [0.05, 0.1) is 17.7 Å². The van der Waals surface area contributed by atoms with Gasteiger partial charge in [-0.1, -0.05) is 85.6 Å². The number of hydrogen-bond acceptors (Lipinski definition) is 5. The number of rotatable bonds is 14. The maximum Gasteiger partial charge on any atom is 0.264 e. The van der Waals surface area contributed by atoms with Crippen molar-refractivity contribution in [3.63, 3.8) is 0 Å². The molecule has 11 heteroatoms. The summed E-state index contributed by atoms with van der Waals surface area (Å²) < 4.78 is 48.9. The van der Waals surface area contributed by atoms with Crippen molar-refractivity contribution >= 4 is 39.1 Å². The van der Waals surface area contributed by atoms with E-state index in [4.69, 9.17) is 16.3 Å². The first-order valence-corrected chi connectivity index (χ1v) is 17.0. The van der Waals surface area contributed by atoms with Crippen LogP contribution in [0.1, 0.15) is 30.5 Å². The van der Waals surface area contributed by atoms with E-state index in [2.05, 4.69) is 5.32 Å². The highest BCUT2D eigenvalue weighted by Gasteiger charge is 2.35. The van der Waals surface area contributed by atoms with Gasteiger partial charge in [-0.05, 0) is 66.4 Å². The summed E-state index contributed by atoms with van der Waals surface area (Å²) in [4.78, 5) is 29.7. The van der Waals surface area contributed by atoms with E-state index in [0.717, 1.165) is 15.4 Å². The first kappa shape index (κ1) is 35.4. The molecule has 0 aromatic heterocycles. The molecule has 0 aliphatic carbocycles. The van der Waals surface area contributed by atoms with Gasteiger partial charge < -0.3 is 15.0 Å². The summed E-state index contributed by atoms with van der Waals surface area (Å²) in [5.41, 5.74) is 2.27. The zero-order valence-corrected chi connectivity index (χ0v) is 28.4. The Morgan fingerprint density at radius 2 is 1.57 bits per heavy atom. The first-order valence-electron chi connectivity index (χ1n) is 15.2. The highest BCUT2D eigenvalue weighted by molar-refractivity contribution is 7.92. The number of benzene rings is 4. The first-order chi connectivity index (χ1) is 22.4. The summed E-state index contributed by atoms with van der Waals surface area (Å²) in [6.45, 7) is 5.35. The fourth-order valence-electron chi connectivity index (χ4n) is 4.97. The van der Waals surface area contributed by atoms with Gasteiger partial charge in [0.15, 0.2) is 0 Å². The molecule has 1 unspecified atom stereocenters. The maximum absolute atomic E-state index is 14.6. The molecule has 0 fully saturated rings. The highest BCUT2D eigenvalue weighted by Crippen LogP contribution is 2.35. The number of carbonyl (C=O) groups excluding carboxylic acids is 2. The Kier molecular flexibility index (Phi) is 12.0. The molecular formula is C36H39ClFN3O5S. The van der Waals surface area contributed by atoms with Crippen LogP contribution in [0.3, 0.4) is 0 Å². The van der Waals surface area contributed by atoms with Gasteiger partial charge in [-0.15, -0.1) is 0 Å². The number of ether oxygens (including phenoxy) is 1. The van der Waals surface area contributed by atoms with Crippen molar-refractivity contribution in [1.29, 1.82) is 0 Å². The van der Waals surface area contributed by atoms with Crippen molar-refractivity contribution in [3.8, 4) is 5.75 Å². The Morgan fingerprint density at radius 3 is 2.19 bits per heavy atom. The lowest BCUT2D eigenvalue weighted by Crippen LogP contribution is -2.53. The molecule has 4 aromatic carbocycles. The van der Waals surface area contributed by atoms with E-state index in [1.165, 1.54) is 60.5 Å². The largest absolute Gasteiger partial charge is 0.495 e. The summed E-state index contributed by atoms with van der Waals surface area (Å²) in [5.74, 6) is -1.19. The van der Waals surface area contributed by atoms with Crippen LogP contribution in [0.2, 0.25) is 5.02 Å². The minimum absolute atomic E-state index is 0.0430. The van der Waals surface area contributed by atoms with Gasteiger partial charge in [0.2, 0.25) is 11.8 Å². The summed E-state index contributed by atoms with van der Waals surface area (Å²) in [5, 5.41) is 3.17. The van der Waals surface area contributed by atoms with E-state index in [0.29, 0.717) is 12.1 Å². The van der Waals surface area contributed by atoms with Crippen LogP contribution in [0.4, 0.5) is 10.1 Å². The SMILES string of the molecule is COc1ccc(Cl)cc1N(CC(=O)N(Cc1ccc(F)cc1)C(Cc1ccccc1)C(=O)NCC(C)C)S(=O)(=O)c1ccc(C)cc1. The summed E-state index contributed by atoms with van der Waals surface area (Å²) >= 11 is 6.34. The van der Waals surface area contributed by atoms with E-state index in [1.54, 1.807) is 18.2 Å². The van der Waals surface area contributed by atoms with Crippen LogP contribution in [-0.2, 0) is 32.6 Å². The van der Waals surface area contributed by atoms with Crippen molar-refractivity contribution in [2.24, 2.45) is 5.92 Å². The molecule has 1 atom stereocenters. The number of hydrogen-bond donors (Lipinski definition) is 1. The van der Waals surface area contributed by atoms with Crippen molar-refractivity contribution in [3.05, 3.63) is 125 Å². The van der Waals surface area contributed by atoms with Crippen molar-refractivity contribution in [2.45, 2.75) is 44.7 Å². The monoisotopic (exact) mass is 679 g/mol. The van der Waals surface area contributed by atoms with E-state index < -0.39 is 40.2 Å². The normalized spacial score (nSPS) is 12.0. The molecule has 47 heavy (non-hydrogen) atoms. The highest BCUT2D eigenvalue weighted by atomic mass is 35.5. The number of sulfonamides is 1. The molecule has 0 bridgehead atoms. The molecule has 0 saturated carbocycles. The second kappa shape index (κ2) is 15.9. The zero-order valence-electron chi connectivity index (χ0n) is 26.8. The van der Waals surface area contributed by atoms with Crippen LogP contribution < -0.4 is 14.4 Å². The number of nitrogens with one attached hydrogen (secondary N) is 1. The minimum Gasteiger partial charge on any atom is -0.495 e. The third kappa shape index (κ3) is 9.33. The molecule has 0 radical (unpaired) electrons. The topological polar surface area (TPSA) is 96.0 Å². The molecule has 0 aliphatic heterocycles. The summed E-state index contributed by atoms with van der Waals surface area (Å²) in [7, 11) is -2.97. The van der Waals surface area contributed by atoms with Gasteiger partial charge in [0.1, 0.15) is 24.2 Å². The molecule has 0 spiro atoms. The maximum atomic E-state index is 14.6. The predicted molar refractivity (Wildman–Crippen MR) is 182 cm³/mol. The average Bonchev–Trinajstić information content (AvgIpc) is 3.05. The van der Waals surface area contributed by atoms with Crippen LogP contribution >= 0.6 is 11.6 Å². The van der Waals surface area contributed by atoms with E-state index in [1.807, 2.05) is 51.1 Å². The van der Waals surface area contributed by atoms with E-state index >= 15 is 0 Å². The number of anilines is 1. The molecule has 0 heterocycles. The Hall–Kier alpha value is -4.41. The molecule has 4 aromatic rings. The van der Waals surface area contributed by atoms with Crippen LogP contribution in [0.25, 0.3) is 0 Å². The summed E-state index contributed by atoms with van der Waals surface area (Å²) in [6.07, 6.45) is 0.156. The zero-order chi connectivity index (χ0) is 34.1. The van der Waals surface area contributed by atoms with E-state index in [9.17, 15) is 22.4 Å². The van der Waals surface area contributed by atoms with Gasteiger partial charge in [0.25, 0.3) is 10.0 Å². The molecule has 0 aliphatic rings. The average molecular weight is 680 g/mol. The van der Waals surface area contributed by atoms with Crippen LogP contribution in [0.15, 0.2) is 102 Å². The second-order valence-electron chi connectivity index (χ2n) is 11.6. The fourth-order valence-corrected chi connectivity index (χ4v) is 6.55. The van der Waals surface area contributed by atoms with Crippen LogP contribution in [-0.4, -0.2) is 51.4 Å². The Morgan fingerprint density at radius 1 is 0.915 bits per heavy atom. The molecule has 1 N–H and O–H groups in total. The molecule has 0 saturated heterocycles. The second-order valence-corrected chi connectivity index (χ2v) is 13.9. The van der Waals surface area contributed by atoms with Crippen molar-refractivity contribution in [2.75, 3.05) is 24.5 Å². The summed E-state index contributed by atoms with van der Waals surface area (Å²) in [6, 6.07) is 24.6. The number of aryl methyl sites for hydroxylation is 1. The Balaban J connectivity index is 1.84. The van der Waals surface area contributed by atoms with Crippen molar-refractivity contribution < 1.29 is 27.1 Å². The van der Waals surface area contributed by atoms with Gasteiger partial charge >= 0.3 is 0 Å². The smallest absolute Gasteiger partial charge is 0.264 e. The Labute approximate surface area is 281 Å². The van der Waals surface area contributed by atoms with Crippen LogP contribution in [0, 0.1) is 18.7 Å². The predicted octanol–water partition coefficient (Wildman–Crippen LogP) is 6.40. The number of halogens is 2. The fraction of sp³-hybridized carbons (Fsp3) is 0.278. The van der Waals surface area contributed by atoms with E-state index in [-0.39, 0.29) is 40.2 Å². The quantitative estimate of drug-likeness (QED) is 0.166. The number of carbonyl (C=O) groups is 2. The molecule has 8 nitrogen and oxygen atoms in total. The molecule has 2 amide bonds. The van der Waals surface area contributed by atoms with Gasteiger partial charge in [-0.25, -0.2) is 12.8 Å². The molecular weight excluding hydrogens is 641 g/mol. The van der Waals surface area contributed by atoms with Gasteiger partial charge in [0, 0.05) is 24.5 Å². The lowest BCUT2D eigenvalue weighted by molar-refractivity contribution is -0.140. The van der Waals surface area contributed by atoms with Gasteiger partial charge in [-0.2, -0.15) is 0 Å². The minimum atomic E-state index is -4.36. The molecule has 248 valence electrons. The number of methoxy groups -OCH3 is 1. The molecule has 4 rings (SSSR count). The van der Waals surface area contributed by atoms with Gasteiger partial charge in [-0.3, -0.25) is 13.9 Å². The number of amides is 2. The standard InChI is InChI=1S/C36H39ClFN3O5S/c1-25(2)22-39-36(43)33(20-27-8-6-5-7-9-27)40(23-28-12-15-30(38)16-13-28)35(42)24-41(32-21-29(37)14-19-34(32)46-4)47(44,45)31-17-10-26(3)11-18-31/h5-19,21,25,33H,20,22-24H2,1-4H3,(H,39,43). The number of nitrogens with zero attached hydrogens (tertiary/aromatic N) is 2. The lowest BCUT2D eigenvalue weighted by atomic mass is 10.0. The third-order valence-corrected chi connectivity index (χ3v) is 9.53. The lowest BCUT2D eigenvalue weighted by Gasteiger charge is -2.34. The van der Waals surface area contributed by atoms with Crippen LogP contribution in [0.5, 0.6) is 5.75 Å². The third-order valence-electron chi connectivity index (χ3n) is 7.52. The van der Waals surface area contributed by atoms with Crippen molar-refractivity contribution in [1.82, 2.24) is 10.2 Å². The Bertz CT molecular complexity index is 1770.